The molecule has 1 amide bonds. The first-order valence-electron chi connectivity index (χ1n) is 9.30. The van der Waals surface area contributed by atoms with Crippen LogP contribution in [0.1, 0.15) is 36.1 Å². The number of nitrogens with zero attached hydrogens (tertiary/aromatic N) is 3. The third-order valence-electron chi connectivity index (χ3n) is 4.94. The second-order valence-corrected chi connectivity index (χ2v) is 8.45. The Bertz CT molecular complexity index is 1010. The third kappa shape index (κ3) is 4.12. The summed E-state index contributed by atoms with van der Waals surface area (Å²) in [6.45, 7) is 2.41. The molecule has 166 valence electrons. The van der Waals surface area contributed by atoms with Gasteiger partial charge in [0.1, 0.15) is 11.4 Å². The number of hydrogen-bond donors (Lipinski definition) is 0. The van der Waals surface area contributed by atoms with Crippen molar-refractivity contribution < 1.29 is 36.4 Å². The zero-order valence-corrected chi connectivity index (χ0v) is 17.7. The zero-order valence-electron chi connectivity index (χ0n) is 16.9. The molecule has 3 rings (SSSR count). The van der Waals surface area contributed by atoms with E-state index in [1.807, 2.05) is 0 Å². The Morgan fingerprint density at radius 2 is 1.90 bits per heavy atom. The number of piperidine rings is 1. The van der Waals surface area contributed by atoms with E-state index in [1.165, 1.54) is 16.6 Å². The van der Waals surface area contributed by atoms with Crippen LogP contribution in [0.15, 0.2) is 4.79 Å². The first kappa shape index (κ1) is 22.0. The molecule has 0 unspecified atom stereocenters. The fraction of sp³-hybridized carbons (Fsp3) is 0.647. The van der Waals surface area contributed by atoms with Gasteiger partial charge in [-0.15, -0.1) is 0 Å². The molecule has 1 fully saturated rings. The molecular weight excluding hydrogens is 422 g/mol. The maximum atomic E-state index is 13.1. The minimum Gasteiger partial charge on any atom is -0.461 e. The number of carbonyl (C=O) groups is 2. The molecule has 30 heavy (non-hydrogen) atoms. The molecule has 1 aromatic heterocycles. The highest BCUT2D eigenvalue weighted by atomic mass is 32.2. The van der Waals surface area contributed by atoms with Crippen LogP contribution in [0.4, 0.5) is 4.79 Å². The quantitative estimate of drug-likeness (QED) is 0.453. The molecule has 0 aromatic carbocycles. The fourth-order valence-corrected chi connectivity index (χ4v) is 4.05. The maximum absolute atomic E-state index is 13.1. The number of amides is 1. The van der Waals surface area contributed by atoms with E-state index in [9.17, 15) is 22.8 Å². The predicted molar refractivity (Wildman–Crippen MR) is 101 cm³/mol. The van der Waals surface area contributed by atoms with Crippen molar-refractivity contribution in [3.8, 4) is 5.75 Å². The van der Waals surface area contributed by atoms with Crippen LogP contribution in [0.3, 0.4) is 0 Å². The zero-order chi connectivity index (χ0) is 22.1. The average molecular weight is 445 g/mol. The van der Waals surface area contributed by atoms with Gasteiger partial charge >= 0.3 is 22.2 Å². The van der Waals surface area contributed by atoms with E-state index in [4.69, 9.17) is 18.4 Å². The molecular formula is C17H23N3O9S. The highest BCUT2D eigenvalue weighted by molar-refractivity contribution is 7.86. The fourth-order valence-electron chi connectivity index (χ4n) is 3.60. The van der Waals surface area contributed by atoms with E-state index in [0.29, 0.717) is 25.9 Å². The number of esters is 1. The van der Waals surface area contributed by atoms with E-state index in [1.54, 1.807) is 6.92 Å². The number of fused-ring (bicyclic) bond motifs is 2. The van der Waals surface area contributed by atoms with E-state index in [0.717, 1.165) is 6.26 Å². The van der Waals surface area contributed by atoms with Crippen LogP contribution in [0, 0.1) is 0 Å². The van der Waals surface area contributed by atoms with Gasteiger partial charge in [-0.25, -0.2) is 14.6 Å². The Balaban J connectivity index is 2.10. The van der Waals surface area contributed by atoms with Crippen LogP contribution < -0.4 is 9.74 Å². The van der Waals surface area contributed by atoms with Gasteiger partial charge in [-0.1, -0.05) is 0 Å². The smallest absolute Gasteiger partial charge is 0.409 e. The minimum absolute atomic E-state index is 0.00697. The standard InChI is InChI=1S/C17H23N3O9S/c1-4-27-14(22)11-12(29-30(3,24)25)13(21)20-9-10-28-17(15(20)18-11)5-7-19(8-6-17)16(23)26-2/h4-10H2,1-3H3. The Kier molecular flexibility index (Phi) is 6.04. The average Bonchev–Trinajstić information content (AvgIpc) is 2.69. The van der Waals surface area contributed by atoms with Crippen molar-refractivity contribution in [1.29, 1.82) is 0 Å². The predicted octanol–water partition coefficient (Wildman–Crippen LogP) is -0.154. The van der Waals surface area contributed by atoms with Crippen LogP contribution >= 0.6 is 0 Å². The molecule has 0 radical (unpaired) electrons. The summed E-state index contributed by atoms with van der Waals surface area (Å²) in [5.74, 6) is -1.51. The summed E-state index contributed by atoms with van der Waals surface area (Å²) >= 11 is 0. The largest absolute Gasteiger partial charge is 0.461 e. The summed E-state index contributed by atoms with van der Waals surface area (Å²) in [4.78, 5) is 43.0. The number of likely N-dealkylation sites (tertiary alicyclic amines) is 1. The van der Waals surface area contributed by atoms with Gasteiger partial charge < -0.3 is 23.3 Å². The number of hydrogen-bond acceptors (Lipinski definition) is 10. The third-order valence-corrected chi connectivity index (χ3v) is 5.41. The summed E-state index contributed by atoms with van der Waals surface area (Å²) in [7, 11) is -2.81. The van der Waals surface area contributed by atoms with Gasteiger partial charge in [-0.2, -0.15) is 8.42 Å². The number of carbonyl (C=O) groups excluding carboxylic acids is 2. The summed E-state index contributed by atoms with van der Waals surface area (Å²) in [5, 5.41) is 0. The SMILES string of the molecule is CCOC(=O)c1nc2n(c(=O)c1OS(C)(=O)=O)CCOC21CCN(C(=O)OC)CC1. The van der Waals surface area contributed by atoms with Crippen LogP contribution in [0.2, 0.25) is 0 Å². The molecule has 0 bridgehead atoms. The van der Waals surface area contributed by atoms with Gasteiger partial charge in [0.15, 0.2) is 5.69 Å². The summed E-state index contributed by atoms with van der Waals surface area (Å²) in [5.41, 5.74) is -2.36. The lowest BCUT2D eigenvalue weighted by atomic mass is 9.89. The first-order valence-corrected chi connectivity index (χ1v) is 11.1. The number of ether oxygens (including phenoxy) is 3. The first-order chi connectivity index (χ1) is 14.1. The topological polar surface area (TPSA) is 143 Å². The molecule has 2 aliphatic heterocycles. The van der Waals surface area contributed by atoms with E-state index in [-0.39, 0.29) is 25.6 Å². The highest BCUT2D eigenvalue weighted by Gasteiger charge is 2.45. The molecule has 3 heterocycles. The van der Waals surface area contributed by atoms with E-state index < -0.39 is 44.8 Å². The van der Waals surface area contributed by atoms with Gasteiger partial charge in [0.2, 0.25) is 5.75 Å². The second kappa shape index (κ2) is 8.22. The monoisotopic (exact) mass is 445 g/mol. The molecule has 13 heteroatoms. The van der Waals surface area contributed by atoms with Gasteiger partial charge in [0.05, 0.1) is 33.1 Å². The Labute approximate surface area is 172 Å². The number of aromatic nitrogens is 2. The Morgan fingerprint density at radius 1 is 1.23 bits per heavy atom. The summed E-state index contributed by atoms with van der Waals surface area (Å²) < 4.78 is 45.0. The van der Waals surface area contributed by atoms with Crippen LogP contribution in [-0.2, 0) is 36.5 Å². The van der Waals surface area contributed by atoms with Gasteiger partial charge in [0.25, 0.3) is 5.56 Å². The molecule has 0 aliphatic carbocycles. The van der Waals surface area contributed by atoms with Gasteiger partial charge in [-0.05, 0) is 6.92 Å². The second-order valence-electron chi connectivity index (χ2n) is 6.88. The molecule has 0 atom stereocenters. The van der Waals surface area contributed by atoms with Crippen molar-refractivity contribution in [2.24, 2.45) is 0 Å². The molecule has 0 N–H and O–H groups in total. The Morgan fingerprint density at radius 3 is 2.47 bits per heavy atom. The lowest BCUT2D eigenvalue weighted by molar-refractivity contribution is -0.114. The highest BCUT2D eigenvalue weighted by Crippen LogP contribution is 2.38. The molecule has 0 saturated carbocycles. The maximum Gasteiger partial charge on any atom is 0.409 e. The Hall–Kier alpha value is -2.67. The van der Waals surface area contributed by atoms with Gasteiger partial charge in [0, 0.05) is 25.9 Å². The van der Waals surface area contributed by atoms with Crippen molar-refractivity contribution in [3.05, 3.63) is 21.9 Å². The lowest BCUT2D eigenvalue weighted by Gasteiger charge is -2.43. The van der Waals surface area contributed by atoms with Crippen molar-refractivity contribution in [3.63, 3.8) is 0 Å². The molecule has 1 saturated heterocycles. The molecule has 12 nitrogen and oxygen atoms in total. The van der Waals surface area contributed by atoms with Gasteiger partial charge in [-0.3, -0.25) is 9.36 Å². The van der Waals surface area contributed by atoms with Crippen molar-refractivity contribution in [1.82, 2.24) is 14.5 Å². The summed E-state index contributed by atoms with van der Waals surface area (Å²) in [6, 6.07) is 0. The van der Waals surface area contributed by atoms with Crippen LogP contribution in [0.25, 0.3) is 0 Å². The number of methoxy groups -OCH3 is 1. The molecule has 1 aromatic rings. The van der Waals surface area contributed by atoms with Crippen LogP contribution in [0.5, 0.6) is 5.75 Å². The molecule has 1 spiro atoms. The van der Waals surface area contributed by atoms with E-state index in [2.05, 4.69) is 4.98 Å². The number of rotatable bonds is 4. The van der Waals surface area contributed by atoms with Crippen molar-refractivity contribution >= 4 is 22.2 Å². The molecule has 2 aliphatic rings. The van der Waals surface area contributed by atoms with Crippen molar-refractivity contribution in [2.75, 3.05) is 39.7 Å². The van der Waals surface area contributed by atoms with E-state index >= 15 is 0 Å². The normalized spacial score (nSPS) is 17.9. The lowest BCUT2D eigenvalue weighted by Crippen LogP contribution is -2.52. The van der Waals surface area contributed by atoms with Crippen molar-refractivity contribution in [2.45, 2.75) is 31.9 Å². The minimum atomic E-state index is -4.10. The van der Waals surface area contributed by atoms with Crippen LogP contribution in [-0.4, -0.2) is 74.6 Å². The summed E-state index contributed by atoms with van der Waals surface area (Å²) in [6.07, 6.45) is 0.903.